The van der Waals surface area contributed by atoms with Crippen molar-refractivity contribution >= 4 is 11.4 Å². The van der Waals surface area contributed by atoms with Crippen LogP contribution >= 0.6 is 0 Å². The summed E-state index contributed by atoms with van der Waals surface area (Å²) in [6.45, 7) is 3.34. The quantitative estimate of drug-likeness (QED) is 0.361. The molecule has 4 aromatic rings. The highest BCUT2D eigenvalue weighted by molar-refractivity contribution is 5.97. The fourth-order valence-electron chi connectivity index (χ4n) is 4.08. The van der Waals surface area contributed by atoms with Crippen LogP contribution < -0.4 is 4.74 Å². The number of fused-ring (bicyclic) bond motifs is 1. The first-order chi connectivity index (χ1) is 16.4. The number of carbonyl (C=O) groups is 1. The maximum atomic E-state index is 14.0. The largest absolute Gasteiger partial charge is 0.485 e. The normalized spacial score (nSPS) is 13.1. The van der Waals surface area contributed by atoms with E-state index in [4.69, 9.17) is 4.74 Å². The Morgan fingerprint density at radius 1 is 1.09 bits per heavy atom. The van der Waals surface area contributed by atoms with Crippen molar-refractivity contribution < 1.29 is 24.1 Å². The van der Waals surface area contributed by atoms with Crippen LogP contribution in [0.15, 0.2) is 66.9 Å². The lowest BCUT2D eigenvalue weighted by atomic mass is 9.78. The topological polar surface area (TPSA) is 84.1 Å². The van der Waals surface area contributed by atoms with E-state index < -0.39 is 5.41 Å². The molecule has 0 aliphatic carbocycles. The van der Waals surface area contributed by atoms with E-state index in [1.807, 2.05) is 19.1 Å². The maximum absolute atomic E-state index is 14.0. The SMILES string of the molecule is Cc1nc2c(OCc3ccccc3F)cccn2c1C(=O)CC(C)(CO)c1ccc(CO)cc1. The number of nitrogens with zero attached hydrogens (tertiary/aromatic N) is 2. The molecule has 0 aliphatic heterocycles. The number of Topliss-reactive ketones (excluding diaryl/α,β-unsaturated/α-hetero) is 1. The van der Waals surface area contributed by atoms with Crippen molar-refractivity contribution in [2.24, 2.45) is 0 Å². The minimum Gasteiger partial charge on any atom is -0.485 e. The first-order valence-electron chi connectivity index (χ1n) is 11.0. The summed E-state index contributed by atoms with van der Waals surface area (Å²) >= 11 is 0. The highest BCUT2D eigenvalue weighted by Gasteiger charge is 2.31. The summed E-state index contributed by atoms with van der Waals surface area (Å²) in [6, 6.07) is 17.1. The molecule has 2 N–H and O–H groups in total. The molecule has 1 unspecified atom stereocenters. The van der Waals surface area contributed by atoms with E-state index in [2.05, 4.69) is 4.98 Å². The zero-order chi connectivity index (χ0) is 24.3. The van der Waals surface area contributed by atoms with Crippen LogP contribution in [0.25, 0.3) is 5.65 Å². The molecule has 2 heterocycles. The van der Waals surface area contributed by atoms with Gasteiger partial charge in [-0.2, -0.15) is 0 Å². The number of carbonyl (C=O) groups excluding carboxylic acids is 1. The standard InChI is InChI=1S/C27H27FN2O4/c1-18-25(23(33)14-27(2,17-32)21-11-9-19(15-31)10-12-21)30-13-5-8-24(26(30)29-18)34-16-20-6-3-4-7-22(20)28/h3-13,31-32H,14-17H2,1-2H3. The second-order valence-corrected chi connectivity index (χ2v) is 8.67. The number of hydrogen-bond acceptors (Lipinski definition) is 5. The summed E-state index contributed by atoms with van der Waals surface area (Å²) in [6.07, 6.45) is 1.81. The number of aromatic nitrogens is 2. The van der Waals surface area contributed by atoms with Crippen LogP contribution in [0.2, 0.25) is 0 Å². The van der Waals surface area contributed by atoms with Gasteiger partial charge in [-0.25, -0.2) is 9.37 Å². The van der Waals surface area contributed by atoms with Crippen LogP contribution in [0.5, 0.6) is 5.75 Å². The summed E-state index contributed by atoms with van der Waals surface area (Å²) in [5, 5.41) is 19.5. The Morgan fingerprint density at radius 3 is 2.50 bits per heavy atom. The van der Waals surface area contributed by atoms with Crippen molar-refractivity contribution in [3.63, 3.8) is 0 Å². The van der Waals surface area contributed by atoms with Gasteiger partial charge < -0.3 is 14.9 Å². The fraction of sp³-hybridized carbons (Fsp3) is 0.259. The minimum atomic E-state index is -0.805. The lowest BCUT2D eigenvalue weighted by molar-refractivity contribution is 0.0912. The van der Waals surface area contributed by atoms with Crippen LogP contribution in [0, 0.1) is 12.7 Å². The van der Waals surface area contributed by atoms with Gasteiger partial charge in [0.25, 0.3) is 0 Å². The molecule has 0 aliphatic rings. The number of ketones is 1. The van der Waals surface area contributed by atoms with E-state index in [0.29, 0.717) is 28.3 Å². The number of aliphatic hydroxyl groups is 2. The van der Waals surface area contributed by atoms with Gasteiger partial charge in [0, 0.05) is 23.6 Å². The third-order valence-electron chi connectivity index (χ3n) is 6.13. The Morgan fingerprint density at radius 2 is 1.82 bits per heavy atom. The molecule has 2 aromatic carbocycles. The van der Waals surface area contributed by atoms with Crippen molar-refractivity contribution in [1.82, 2.24) is 9.38 Å². The molecule has 0 saturated carbocycles. The molecule has 0 spiro atoms. The van der Waals surface area contributed by atoms with E-state index >= 15 is 0 Å². The third-order valence-corrected chi connectivity index (χ3v) is 6.13. The van der Waals surface area contributed by atoms with E-state index in [9.17, 15) is 19.4 Å². The van der Waals surface area contributed by atoms with E-state index in [0.717, 1.165) is 11.1 Å². The van der Waals surface area contributed by atoms with Crippen molar-refractivity contribution in [3.8, 4) is 5.75 Å². The van der Waals surface area contributed by atoms with Gasteiger partial charge in [-0.3, -0.25) is 9.20 Å². The van der Waals surface area contributed by atoms with Crippen LogP contribution in [0.4, 0.5) is 4.39 Å². The Balaban J connectivity index is 1.62. The number of rotatable bonds is 9. The second-order valence-electron chi connectivity index (χ2n) is 8.67. The average molecular weight is 463 g/mol. The number of imidazole rings is 1. The Labute approximate surface area is 197 Å². The molecule has 1 atom stereocenters. The molecule has 0 saturated heterocycles. The first-order valence-corrected chi connectivity index (χ1v) is 11.0. The van der Waals surface area contributed by atoms with Crippen molar-refractivity contribution in [3.05, 3.63) is 101 Å². The van der Waals surface area contributed by atoms with Crippen molar-refractivity contribution in [1.29, 1.82) is 0 Å². The van der Waals surface area contributed by atoms with E-state index in [-0.39, 0.29) is 37.8 Å². The van der Waals surface area contributed by atoms with Gasteiger partial charge in [0.1, 0.15) is 18.1 Å². The van der Waals surface area contributed by atoms with E-state index in [1.54, 1.807) is 60.0 Å². The van der Waals surface area contributed by atoms with Crippen LogP contribution in [0.1, 0.15) is 46.2 Å². The van der Waals surface area contributed by atoms with Crippen molar-refractivity contribution in [2.45, 2.75) is 38.9 Å². The Bertz CT molecular complexity index is 1320. The Hall–Kier alpha value is -3.55. The highest BCUT2D eigenvalue weighted by atomic mass is 19.1. The molecule has 0 fully saturated rings. The van der Waals surface area contributed by atoms with Gasteiger partial charge in [0.15, 0.2) is 17.2 Å². The van der Waals surface area contributed by atoms with Gasteiger partial charge in [0.2, 0.25) is 0 Å². The number of halogens is 1. The number of hydrogen-bond donors (Lipinski definition) is 2. The molecule has 2 aromatic heterocycles. The lowest BCUT2D eigenvalue weighted by Crippen LogP contribution is -2.30. The first kappa shape index (κ1) is 23.6. The monoisotopic (exact) mass is 462 g/mol. The third kappa shape index (κ3) is 4.58. The summed E-state index contributed by atoms with van der Waals surface area (Å²) < 4.78 is 21.5. The van der Waals surface area contributed by atoms with Gasteiger partial charge in [0.05, 0.1) is 18.9 Å². The van der Waals surface area contributed by atoms with Crippen molar-refractivity contribution in [2.75, 3.05) is 6.61 Å². The Kier molecular flexibility index (Phi) is 6.77. The molecule has 4 rings (SSSR count). The summed E-state index contributed by atoms with van der Waals surface area (Å²) in [4.78, 5) is 18.0. The average Bonchev–Trinajstić information content (AvgIpc) is 3.20. The van der Waals surface area contributed by atoms with Crippen LogP contribution in [0.3, 0.4) is 0 Å². The maximum Gasteiger partial charge on any atom is 0.182 e. The van der Waals surface area contributed by atoms with Gasteiger partial charge in [-0.1, -0.05) is 49.4 Å². The molecule has 0 radical (unpaired) electrons. The highest BCUT2D eigenvalue weighted by Crippen LogP contribution is 2.31. The minimum absolute atomic E-state index is 0.0357. The van der Waals surface area contributed by atoms with Crippen LogP contribution in [-0.2, 0) is 18.6 Å². The predicted molar refractivity (Wildman–Crippen MR) is 126 cm³/mol. The molecule has 6 nitrogen and oxygen atoms in total. The fourth-order valence-corrected chi connectivity index (χ4v) is 4.08. The summed E-state index contributed by atoms with van der Waals surface area (Å²) in [5.41, 5.74) is 2.62. The zero-order valence-corrected chi connectivity index (χ0v) is 19.2. The molecule has 176 valence electrons. The molecule has 0 bridgehead atoms. The van der Waals surface area contributed by atoms with Crippen LogP contribution in [-0.4, -0.2) is 32.0 Å². The smallest absolute Gasteiger partial charge is 0.182 e. The molecular formula is C27H27FN2O4. The number of aryl methyl sites for hydroxylation is 1. The molecule has 7 heteroatoms. The van der Waals surface area contributed by atoms with Gasteiger partial charge in [-0.15, -0.1) is 0 Å². The number of aliphatic hydroxyl groups excluding tert-OH is 2. The second kappa shape index (κ2) is 9.75. The van der Waals surface area contributed by atoms with E-state index in [1.165, 1.54) is 6.07 Å². The molecule has 34 heavy (non-hydrogen) atoms. The number of pyridine rings is 1. The summed E-state index contributed by atoms with van der Waals surface area (Å²) in [7, 11) is 0. The summed E-state index contributed by atoms with van der Waals surface area (Å²) in [5.74, 6) is -0.0726. The molecular weight excluding hydrogens is 435 g/mol. The number of benzene rings is 2. The number of ether oxygens (including phenoxy) is 1. The lowest BCUT2D eigenvalue weighted by Gasteiger charge is -2.27. The zero-order valence-electron chi connectivity index (χ0n) is 19.2. The van der Waals surface area contributed by atoms with Gasteiger partial charge >= 0.3 is 0 Å². The predicted octanol–water partition coefficient (Wildman–Crippen LogP) is 4.38. The molecule has 0 amide bonds. The van der Waals surface area contributed by atoms with Gasteiger partial charge in [-0.05, 0) is 36.2 Å².